The van der Waals surface area contributed by atoms with Crippen LogP contribution < -0.4 is 5.56 Å². The SMILES string of the molecule is Cc1cc(-c2c(-c3ccccc3)c3cc(S(C)(=O)=O)ccc3[nH]c2=O)on1. The molecule has 0 fully saturated rings. The van der Waals surface area contributed by atoms with Crippen LogP contribution in [0.2, 0.25) is 0 Å². The molecule has 0 unspecified atom stereocenters. The lowest BCUT2D eigenvalue weighted by atomic mass is 9.95. The normalized spacial score (nSPS) is 11.8. The standard InChI is InChI=1S/C20H16N2O4S/c1-12-10-17(26-22-12)19-18(13-6-4-3-5-7-13)15-11-14(27(2,24)25)8-9-16(15)21-20(19)23/h3-11H,1-2H3,(H,21,23). The molecule has 0 aliphatic carbocycles. The molecule has 136 valence electrons. The van der Waals surface area contributed by atoms with E-state index in [2.05, 4.69) is 10.1 Å². The molecule has 27 heavy (non-hydrogen) atoms. The molecular formula is C20H16N2O4S. The molecule has 0 bridgehead atoms. The number of benzene rings is 2. The first-order valence-electron chi connectivity index (χ1n) is 8.24. The molecule has 0 aliphatic heterocycles. The molecule has 2 heterocycles. The molecule has 6 nitrogen and oxygen atoms in total. The summed E-state index contributed by atoms with van der Waals surface area (Å²) in [6, 6.07) is 15.7. The molecule has 0 saturated carbocycles. The van der Waals surface area contributed by atoms with E-state index in [-0.39, 0.29) is 10.5 Å². The molecule has 1 N–H and O–H groups in total. The summed E-state index contributed by atoms with van der Waals surface area (Å²) in [5.74, 6) is 0.333. The Hall–Kier alpha value is -3.19. The Balaban J connectivity index is 2.19. The van der Waals surface area contributed by atoms with E-state index in [1.165, 1.54) is 6.07 Å². The van der Waals surface area contributed by atoms with E-state index in [1.807, 2.05) is 30.3 Å². The summed E-state index contributed by atoms with van der Waals surface area (Å²) < 4.78 is 29.4. The van der Waals surface area contributed by atoms with Gasteiger partial charge in [-0.2, -0.15) is 0 Å². The van der Waals surface area contributed by atoms with Gasteiger partial charge in [0.15, 0.2) is 15.6 Å². The molecule has 0 spiro atoms. The number of rotatable bonds is 3. The second-order valence-electron chi connectivity index (χ2n) is 6.38. The second kappa shape index (κ2) is 6.21. The van der Waals surface area contributed by atoms with Crippen LogP contribution in [0.5, 0.6) is 0 Å². The Bertz CT molecular complexity index is 1320. The maximum atomic E-state index is 12.9. The zero-order valence-corrected chi connectivity index (χ0v) is 15.5. The number of hydrogen-bond donors (Lipinski definition) is 1. The van der Waals surface area contributed by atoms with Crippen LogP contribution in [0.25, 0.3) is 33.4 Å². The van der Waals surface area contributed by atoms with Crippen LogP contribution in [0.15, 0.2) is 68.8 Å². The van der Waals surface area contributed by atoms with Gasteiger partial charge in [-0.15, -0.1) is 0 Å². The van der Waals surface area contributed by atoms with Crippen molar-refractivity contribution in [1.82, 2.24) is 10.1 Å². The number of hydrogen-bond acceptors (Lipinski definition) is 5. The molecule has 0 saturated heterocycles. The fourth-order valence-electron chi connectivity index (χ4n) is 3.12. The summed E-state index contributed by atoms with van der Waals surface area (Å²) in [5.41, 5.74) is 2.57. The highest BCUT2D eigenvalue weighted by Crippen LogP contribution is 2.36. The first-order valence-corrected chi connectivity index (χ1v) is 10.1. The third kappa shape index (κ3) is 3.06. The number of pyridine rings is 1. The minimum absolute atomic E-state index is 0.180. The third-order valence-corrected chi connectivity index (χ3v) is 5.46. The van der Waals surface area contributed by atoms with Crippen molar-refractivity contribution < 1.29 is 12.9 Å². The van der Waals surface area contributed by atoms with Crippen molar-refractivity contribution in [2.75, 3.05) is 6.26 Å². The van der Waals surface area contributed by atoms with Crippen LogP contribution in [0.4, 0.5) is 0 Å². The van der Waals surface area contributed by atoms with Crippen LogP contribution in [0.1, 0.15) is 5.69 Å². The quantitative estimate of drug-likeness (QED) is 0.587. The van der Waals surface area contributed by atoms with Crippen molar-refractivity contribution in [3.05, 3.63) is 70.6 Å². The van der Waals surface area contributed by atoms with Crippen LogP contribution in [-0.4, -0.2) is 24.8 Å². The predicted octanol–water partition coefficient (Wildman–Crippen LogP) is 3.56. The maximum absolute atomic E-state index is 12.9. The molecule has 0 aliphatic rings. The van der Waals surface area contributed by atoms with Crippen LogP contribution >= 0.6 is 0 Å². The number of aromatic nitrogens is 2. The third-order valence-electron chi connectivity index (χ3n) is 4.35. The summed E-state index contributed by atoms with van der Waals surface area (Å²) in [6.45, 7) is 1.77. The highest BCUT2D eigenvalue weighted by molar-refractivity contribution is 7.90. The highest BCUT2D eigenvalue weighted by Gasteiger charge is 2.20. The number of nitrogens with zero attached hydrogens (tertiary/aromatic N) is 1. The summed E-state index contributed by atoms with van der Waals surface area (Å²) in [4.78, 5) is 15.9. The number of aromatic amines is 1. The van der Waals surface area contributed by atoms with Gasteiger partial charge in [-0.3, -0.25) is 4.79 Å². The number of H-pyrrole nitrogens is 1. The minimum atomic E-state index is -3.40. The lowest BCUT2D eigenvalue weighted by Gasteiger charge is -2.12. The molecule has 7 heteroatoms. The highest BCUT2D eigenvalue weighted by atomic mass is 32.2. The zero-order valence-electron chi connectivity index (χ0n) is 14.7. The molecule has 0 atom stereocenters. The molecule has 0 radical (unpaired) electrons. The van der Waals surface area contributed by atoms with Gasteiger partial charge in [0.1, 0.15) is 0 Å². The fraction of sp³-hybridized carbons (Fsp3) is 0.100. The Morgan fingerprint density at radius 1 is 1.00 bits per heavy atom. The summed E-state index contributed by atoms with van der Waals surface area (Å²) in [7, 11) is -3.40. The van der Waals surface area contributed by atoms with Crippen LogP contribution in [0.3, 0.4) is 0 Å². The van der Waals surface area contributed by atoms with Gasteiger partial charge in [-0.25, -0.2) is 8.42 Å². The molecule has 2 aromatic carbocycles. The van der Waals surface area contributed by atoms with Gasteiger partial charge >= 0.3 is 0 Å². The summed E-state index contributed by atoms with van der Waals surface area (Å²) in [6.07, 6.45) is 1.16. The largest absolute Gasteiger partial charge is 0.356 e. The van der Waals surface area contributed by atoms with Crippen molar-refractivity contribution in [3.63, 3.8) is 0 Å². The van der Waals surface area contributed by atoms with E-state index in [1.54, 1.807) is 25.1 Å². The summed E-state index contributed by atoms with van der Waals surface area (Å²) in [5, 5.41) is 4.50. The Morgan fingerprint density at radius 3 is 2.37 bits per heavy atom. The molecule has 4 aromatic rings. The fourth-order valence-corrected chi connectivity index (χ4v) is 3.77. The topological polar surface area (TPSA) is 93.0 Å². The van der Waals surface area contributed by atoms with Crippen LogP contribution in [0, 0.1) is 6.92 Å². The van der Waals surface area contributed by atoms with Crippen molar-refractivity contribution in [2.45, 2.75) is 11.8 Å². The average Bonchev–Trinajstić information content (AvgIpc) is 3.06. The van der Waals surface area contributed by atoms with Crippen molar-refractivity contribution in [1.29, 1.82) is 0 Å². The number of aryl methyl sites for hydroxylation is 1. The maximum Gasteiger partial charge on any atom is 0.260 e. The van der Waals surface area contributed by atoms with E-state index in [0.29, 0.717) is 33.5 Å². The number of sulfone groups is 1. The van der Waals surface area contributed by atoms with Gasteiger partial charge in [0.25, 0.3) is 5.56 Å². The smallest absolute Gasteiger partial charge is 0.260 e. The average molecular weight is 380 g/mol. The van der Waals surface area contributed by atoms with E-state index < -0.39 is 9.84 Å². The number of fused-ring (bicyclic) bond motifs is 1. The van der Waals surface area contributed by atoms with Gasteiger partial charge in [-0.1, -0.05) is 35.5 Å². The first-order chi connectivity index (χ1) is 12.8. The summed E-state index contributed by atoms with van der Waals surface area (Å²) >= 11 is 0. The van der Waals surface area contributed by atoms with E-state index in [9.17, 15) is 13.2 Å². The molecule has 2 aromatic heterocycles. The van der Waals surface area contributed by atoms with E-state index >= 15 is 0 Å². The number of nitrogens with one attached hydrogen (secondary N) is 1. The van der Waals surface area contributed by atoms with Gasteiger partial charge in [0, 0.05) is 28.8 Å². The Labute approximate surface area is 155 Å². The van der Waals surface area contributed by atoms with Crippen molar-refractivity contribution in [2.24, 2.45) is 0 Å². The molecule has 4 rings (SSSR count). The first kappa shape index (κ1) is 17.2. The van der Waals surface area contributed by atoms with Gasteiger partial charge < -0.3 is 9.51 Å². The molecule has 0 amide bonds. The minimum Gasteiger partial charge on any atom is -0.356 e. The second-order valence-corrected chi connectivity index (χ2v) is 8.40. The molecular weight excluding hydrogens is 364 g/mol. The Morgan fingerprint density at radius 2 is 1.74 bits per heavy atom. The lowest BCUT2D eigenvalue weighted by Crippen LogP contribution is -2.11. The van der Waals surface area contributed by atoms with Crippen molar-refractivity contribution in [3.8, 4) is 22.5 Å². The van der Waals surface area contributed by atoms with Crippen LogP contribution in [-0.2, 0) is 9.84 Å². The predicted molar refractivity (Wildman–Crippen MR) is 103 cm³/mol. The lowest BCUT2D eigenvalue weighted by molar-refractivity contribution is 0.427. The van der Waals surface area contributed by atoms with E-state index in [4.69, 9.17) is 4.52 Å². The van der Waals surface area contributed by atoms with Crippen molar-refractivity contribution >= 4 is 20.7 Å². The van der Waals surface area contributed by atoms with Gasteiger partial charge in [0.2, 0.25) is 0 Å². The Kier molecular flexibility index (Phi) is 3.96. The van der Waals surface area contributed by atoms with Gasteiger partial charge in [0.05, 0.1) is 16.2 Å². The van der Waals surface area contributed by atoms with Gasteiger partial charge in [-0.05, 0) is 30.7 Å². The zero-order chi connectivity index (χ0) is 19.2. The monoisotopic (exact) mass is 380 g/mol. The van der Waals surface area contributed by atoms with E-state index in [0.717, 1.165) is 11.8 Å².